The quantitative estimate of drug-likeness (QED) is 0.0796. The van der Waals surface area contributed by atoms with E-state index in [1.165, 1.54) is 197 Å². The van der Waals surface area contributed by atoms with Gasteiger partial charge in [0.1, 0.15) is 0 Å². The Morgan fingerprint density at radius 2 is 0.589 bits per heavy atom. The van der Waals surface area contributed by atoms with Crippen molar-refractivity contribution in [2.75, 3.05) is 0 Å². The van der Waals surface area contributed by atoms with Crippen molar-refractivity contribution in [1.82, 2.24) is 19.1 Å². The number of pyridine rings is 2. The van der Waals surface area contributed by atoms with E-state index in [-0.39, 0.29) is 42.5 Å². The SMILES string of the molecule is CC(=O)/C=C(/C)O.[Ir].[c-]1ccc(-c2cccc(-c3ccc4c(c3)C3(Cc5ccccc5C3)c3cc(-c5ccc(-n6c7ccccc7c7ccccc76)cc5)ccc3-4)c2)cc1-c1ccccn1.[c-]1ccc(-c2cccc(-c3ccc4c(c3)C3(Cc5ccccc5C3)c3cc(-c5ccc(-n6c7ccccc7c7ccccc76)cc5)ccc3-4)c2)cc1-c1ccccn1. The summed E-state index contributed by atoms with van der Waals surface area (Å²) in [6.07, 6.45) is 8.84. The first-order chi connectivity index (χ1) is 60.5. The van der Waals surface area contributed by atoms with Crippen LogP contribution in [0.4, 0.5) is 0 Å². The normalized spacial score (nSPS) is 13.3. The number of hydrogen-bond donors (Lipinski definition) is 1. The van der Waals surface area contributed by atoms with Crippen LogP contribution >= 0.6 is 0 Å². The molecule has 0 bridgehead atoms. The van der Waals surface area contributed by atoms with Crippen LogP contribution in [0.2, 0.25) is 0 Å². The number of rotatable bonds is 11. The molecule has 124 heavy (non-hydrogen) atoms. The van der Waals surface area contributed by atoms with Gasteiger partial charge in [0.15, 0.2) is 5.78 Å². The van der Waals surface area contributed by atoms with E-state index in [4.69, 9.17) is 5.11 Å². The number of para-hydroxylation sites is 4. The van der Waals surface area contributed by atoms with E-state index in [9.17, 15) is 4.79 Å². The van der Waals surface area contributed by atoms with E-state index in [2.05, 4.69) is 371 Å². The van der Waals surface area contributed by atoms with E-state index in [1.807, 2.05) is 60.9 Å². The summed E-state index contributed by atoms with van der Waals surface area (Å²) in [6, 6.07) is 150. The number of fused-ring (bicyclic) bond motifs is 18. The zero-order valence-corrected chi connectivity index (χ0v) is 70.9. The standard InChI is InChI=1S/2C56H37N2.C5H8O2.Ir/c2*1-2-12-45-36-56(35-44(45)11-1)51-33-41(37-22-26-46(27-23-37)58-54-20-5-3-17-49(54)50-18-4-6-21-55(50)58)24-28-47(51)48-29-25-42(34-52(48)56)39-14-9-13-38(31-39)40-15-10-16-43(32-40)53-19-7-8-30-57-53;1-4(6)3-5(2)7;/h2*1-15,17-34H,35-36H2;3,6H,1-2H3;/q2*-1;;/b;;4-3-;. The van der Waals surface area contributed by atoms with Crippen molar-refractivity contribution in [3.8, 4) is 123 Å². The van der Waals surface area contributed by atoms with Crippen molar-refractivity contribution in [2.45, 2.75) is 50.4 Å². The van der Waals surface area contributed by atoms with Crippen LogP contribution in [0.3, 0.4) is 0 Å². The number of aliphatic hydroxyl groups is 1. The van der Waals surface area contributed by atoms with Crippen LogP contribution in [0.25, 0.3) is 167 Å². The summed E-state index contributed by atoms with van der Waals surface area (Å²) in [5.41, 5.74) is 42.5. The Kier molecular flexibility index (Phi) is 19.6. The molecular formula is C117H82IrN4O2-2. The van der Waals surface area contributed by atoms with Gasteiger partial charge >= 0.3 is 0 Å². The summed E-state index contributed by atoms with van der Waals surface area (Å²) in [5, 5.41) is 13.5. The molecule has 0 saturated carbocycles. The summed E-state index contributed by atoms with van der Waals surface area (Å²) in [7, 11) is 0. The van der Waals surface area contributed by atoms with Gasteiger partial charge in [-0.25, -0.2) is 0 Å². The molecular weight excluding hydrogens is 1690 g/mol. The first kappa shape index (κ1) is 76.7. The number of allylic oxidation sites excluding steroid dienone is 2. The number of ketones is 1. The molecule has 16 aromatic carbocycles. The van der Waals surface area contributed by atoms with Gasteiger partial charge in [-0.2, -0.15) is 0 Å². The fourth-order valence-corrected chi connectivity index (χ4v) is 20.4. The second-order valence-corrected chi connectivity index (χ2v) is 33.3. The van der Waals surface area contributed by atoms with Gasteiger partial charge in [-0.1, -0.05) is 255 Å². The van der Waals surface area contributed by atoms with Gasteiger partial charge in [0.2, 0.25) is 0 Å². The maximum absolute atomic E-state index is 10.0. The van der Waals surface area contributed by atoms with E-state index >= 15 is 0 Å². The monoisotopic (exact) mass is 1770 g/mol. The van der Waals surface area contributed by atoms with E-state index in [0.29, 0.717) is 0 Å². The smallest absolute Gasteiger partial charge is 0.155 e. The van der Waals surface area contributed by atoms with Crippen molar-refractivity contribution < 1.29 is 30.0 Å². The van der Waals surface area contributed by atoms with Crippen LogP contribution in [0, 0.1) is 12.1 Å². The Hall–Kier alpha value is -14.7. The number of aliphatic hydroxyl groups excluding tert-OH is 1. The van der Waals surface area contributed by atoms with Crippen molar-refractivity contribution in [3.05, 3.63) is 469 Å². The Bertz CT molecular complexity index is 7020. The maximum Gasteiger partial charge on any atom is 0.155 e. The van der Waals surface area contributed by atoms with Crippen LogP contribution in [-0.2, 0) is 61.4 Å². The third-order valence-electron chi connectivity index (χ3n) is 26.0. The van der Waals surface area contributed by atoms with Crippen LogP contribution in [0.15, 0.2) is 412 Å². The summed E-state index contributed by atoms with van der Waals surface area (Å²) < 4.78 is 4.79. The van der Waals surface area contributed by atoms with Gasteiger partial charge in [-0.15, -0.1) is 70.8 Å². The first-order valence-corrected chi connectivity index (χ1v) is 42.4. The molecule has 1 N–H and O–H groups in total. The Morgan fingerprint density at radius 1 is 0.306 bits per heavy atom. The number of hydrogen-bond acceptors (Lipinski definition) is 4. The fraction of sp³-hybridized carbons (Fsp3) is 0.0684. The van der Waals surface area contributed by atoms with Crippen molar-refractivity contribution in [1.29, 1.82) is 0 Å². The number of benzene rings is 16. The van der Waals surface area contributed by atoms with Crippen LogP contribution in [0.5, 0.6) is 0 Å². The molecule has 24 rings (SSSR count). The molecule has 4 aromatic heterocycles. The zero-order valence-electron chi connectivity index (χ0n) is 68.5. The van der Waals surface area contributed by atoms with Gasteiger partial charge < -0.3 is 24.2 Å². The molecule has 6 nitrogen and oxygen atoms in total. The molecule has 4 aliphatic carbocycles. The van der Waals surface area contributed by atoms with Gasteiger partial charge in [-0.3, -0.25) is 4.79 Å². The van der Waals surface area contributed by atoms with E-state index in [0.717, 1.165) is 59.3 Å². The van der Waals surface area contributed by atoms with E-state index in [1.54, 1.807) is 0 Å². The molecule has 0 saturated heterocycles. The minimum atomic E-state index is -0.131. The second-order valence-electron chi connectivity index (χ2n) is 33.3. The zero-order chi connectivity index (χ0) is 82.3. The predicted molar refractivity (Wildman–Crippen MR) is 506 cm³/mol. The molecule has 0 unspecified atom stereocenters. The molecule has 7 heteroatoms. The summed E-state index contributed by atoms with van der Waals surface area (Å²) in [5.74, 6) is -0.0625. The third-order valence-corrected chi connectivity index (χ3v) is 26.0. The van der Waals surface area contributed by atoms with Crippen molar-refractivity contribution in [3.63, 3.8) is 0 Å². The summed E-state index contributed by atoms with van der Waals surface area (Å²) >= 11 is 0. The van der Waals surface area contributed by atoms with Crippen LogP contribution in [0.1, 0.15) is 58.4 Å². The Labute approximate surface area is 735 Å². The first-order valence-electron chi connectivity index (χ1n) is 42.4. The number of aromatic nitrogens is 4. The number of nitrogens with zero attached hydrogens (tertiary/aromatic N) is 4. The Balaban J connectivity index is 0.000000140. The molecule has 0 fully saturated rings. The average molecular weight is 1770 g/mol. The molecule has 4 aliphatic rings. The molecule has 20 aromatic rings. The van der Waals surface area contributed by atoms with Crippen LogP contribution < -0.4 is 0 Å². The minimum absolute atomic E-state index is 0. The van der Waals surface area contributed by atoms with Gasteiger partial charge in [0.25, 0.3) is 0 Å². The van der Waals surface area contributed by atoms with Gasteiger partial charge in [-0.05, 0) is 270 Å². The fourth-order valence-electron chi connectivity index (χ4n) is 20.4. The van der Waals surface area contributed by atoms with Gasteiger partial charge in [0.05, 0.1) is 27.8 Å². The minimum Gasteiger partial charge on any atom is -0.512 e. The molecule has 0 aliphatic heterocycles. The Morgan fingerprint density at radius 3 is 0.887 bits per heavy atom. The molecule has 0 amide bonds. The predicted octanol–water partition coefficient (Wildman–Crippen LogP) is 28.5. The molecule has 593 valence electrons. The van der Waals surface area contributed by atoms with E-state index < -0.39 is 0 Å². The summed E-state index contributed by atoms with van der Waals surface area (Å²) in [4.78, 5) is 19.2. The van der Waals surface area contributed by atoms with Crippen molar-refractivity contribution in [2.24, 2.45) is 0 Å². The van der Waals surface area contributed by atoms with Crippen molar-refractivity contribution >= 4 is 49.4 Å². The van der Waals surface area contributed by atoms with Crippen LogP contribution in [-0.4, -0.2) is 30.0 Å². The topological polar surface area (TPSA) is 72.9 Å². The second kappa shape index (κ2) is 31.7. The number of carbonyl (C=O) groups is 1. The molecule has 2 spiro atoms. The molecule has 0 atom stereocenters. The average Bonchev–Trinajstić information content (AvgIpc) is 1.54. The molecule has 1 radical (unpaired) electrons. The largest absolute Gasteiger partial charge is 0.512 e. The maximum atomic E-state index is 10.0. The van der Waals surface area contributed by atoms with Gasteiger partial charge in [0, 0.05) is 82.3 Å². The summed E-state index contributed by atoms with van der Waals surface area (Å²) in [6.45, 7) is 2.85. The molecule has 4 heterocycles. The third kappa shape index (κ3) is 13.5. The number of carbonyl (C=O) groups excluding carboxylic acids is 1.